The largest absolute Gasteiger partial charge is 0.383 e. The predicted octanol–water partition coefficient (Wildman–Crippen LogP) is 3.86. The van der Waals surface area contributed by atoms with Crippen molar-refractivity contribution in [3.8, 4) is 5.69 Å². The summed E-state index contributed by atoms with van der Waals surface area (Å²) in [4.78, 5) is 39.7. The van der Waals surface area contributed by atoms with E-state index in [1.54, 1.807) is 36.3 Å². The molecule has 0 aliphatic heterocycles. The van der Waals surface area contributed by atoms with Crippen LogP contribution < -0.4 is 5.56 Å². The van der Waals surface area contributed by atoms with Gasteiger partial charge in [0.25, 0.3) is 11.5 Å². The van der Waals surface area contributed by atoms with Gasteiger partial charge in [-0.15, -0.1) is 0 Å². The molecule has 5 aromatic rings. The lowest BCUT2D eigenvalue weighted by atomic mass is 10.1. The number of hydrogen-bond acceptors (Lipinski definition) is 5. The van der Waals surface area contributed by atoms with Crippen LogP contribution in [0.4, 0.5) is 0 Å². The number of hydrogen-bond donors (Lipinski definition) is 1. The van der Waals surface area contributed by atoms with Crippen LogP contribution in [0.2, 0.25) is 0 Å². The second-order valence-electron chi connectivity index (χ2n) is 8.28. The zero-order valence-electron chi connectivity index (χ0n) is 19.6. The van der Waals surface area contributed by atoms with Crippen molar-refractivity contribution in [1.29, 1.82) is 0 Å². The molecule has 0 fully saturated rings. The van der Waals surface area contributed by atoms with Crippen LogP contribution in [-0.2, 0) is 11.3 Å². The average molecular weight is 468 g/mol. The summed E-state index contributed by atoms with van der Waals surface area (Å²) in [6.45, 7) is 2.80. The van der Waals surface area contributed by atoms with Gasteiger partial charge in [0.15, 0.2) is 0 Å². The van der Waals surface area contributed by atoms with Crippen molar-refractivity contribution in [2.24, 2.45) is 0 Å². The van der Waals surface area contributed by atoms with Gasteiger partial charge in [-0.25, -0.2) is 9.97 Å². The molecule has 0 atom stereocenters. The number of aromatic amines is 1. The quantitative estimate of drug-likeness (QED) is 0.392. The standard InChI is InChI=1S/C27H25N5O3/c1-18-28-23-16-19(12-13-24(23)32(18)20-8-4-3-5-9-20)27(34)31(14-15-35-2)17-25-29-22-11-7-6-10-21(22)26(33)30-25/h3-13,16H,14-15,17H2,1-2H3,(H,29,30,33). The highest BCUT2D eigenvalue weighted by molar-refractivity contribution is 5.97. The SMILES string of the molecule is COCCN(Cc1nc2ccccc2c(=O)[nH]1)C(=O)c1ccc2c(c1)nc(C)n2-c1ccccc1. The van der Waals surface area contributed by atoms with Crippen molar-refractivity contribution in [3.05, 3.63) is 100 Å². The molecule has 0 aliphatic rings. The Morgan fingerprint density at radius 3 is 2.57 bits per heavy atom. The van der Waals surface area contributed by atoms with Gasteiger partial charge in [0.2, 0.25) is 0 Å². The van der Waals surface area contributed by atoms with Gasteiger partial charge in [0.05, 0.1) is 35.1 Å². The maximum atomic E-state index is 13.5. The summed E-state index contributed by atoms with van der Waals surface area (Å²) in [5.41, 5.74) is 3.55. The van der Waals surface area contributed by atoms with E-state index in [0.29, 0.717) is 35.4 Å². The van der Waals surface area contributed by atoms with Crippen LogP contribution in [0, 0.1) is 6.92 Å². The van der Waals surface area contributed by atoms with Crippen LogP contribution in [0.15, 0.2) is 77.6 Å². The van der Waals surface area contributed by atoms with Crippen LogP contribution in [0.5, 0.6) is 0 Å². The highest BCUT2D eigenvalue weighted by Crippen LogP contribution is 2.23. The third-order valence-corrected chi connectivity index (χ3v) is 5.94. The average Bonchev–Trinajstić information content (AvgIpc) is 3.21. The minimum Gasteiger partial charge on any atom is -0.383 e. The smallest absolute Gasteiger partial charge is 0.258 e. The first-order valence-corrected chi connectivity index (χ1v) is 11.4. The fraction of sp³-hybridized carbons (Fsp3) is 0.185. The highest BCUT2D eigenvalue weighted by Gasteiger charge is 2.20. The molecule has 1 amide bonds. The number of fused-ring (bicyclic) bond motifs is 2. The predicted molar refractivity (Wildman–Crippen MR) is 135 cm³/mol. The van der Waals surface area contributed by atoms with E-state index in [1.807, 2.05) is 55.5 Å². The van der Waals surface area contributed by atoms with E-state index in [0.717, 1.165) is 22.5 Å². The highest BCUT2D eigenvalue weighted by atomic mass is 16.5. The third-order valence-electron chi connectivity index (χ3n) is 5.94. The number of ether oxygens (including phenoxy) is 1. The number of carbonyl (C=O) groups excluding carboxylic acids is 1. The van der Waals surface area contributed by atoms with E-state index in [-0.39, 0.29) is 18.0 Å². The van der Waals surface area contributed by atoms with Gasteiger partial charge >= 0.3 is 0 Å². The monoisotopic (exact) mass is 467 g/mol. The molecular weight excluding hydrogens is 442 g/mol. The first-order chi connectivity index (χ1) is 17.0. The summed E-state index contributed by atoms with van der Waals surface area (Å²) in [6, 6.07) is 22.7. The molecule has 0 saturated carbocycles. The Morgan fingerprint density at radius 1 is 1.00 bits per heavy atom. The Balaban J connectivity index is 1.48. The summed E-state index contributed by atoms with van der Waals surface area (Å²) in [7, 11) is 1.59. The molecule has 3 aromatic carbocycles. The molecule has 5 rings (SSSR count). The number of aromatic nitrogens is 4. The number of rotatable bonds is 7. The first-order valence-electron chi connectivity index (χ1n) is 11.4. The van der Waals surface area contributed by atoms with Gasteiger partial charge in [0, 0.05) is 24.9 Å². The molecule has 0 spiro atoms. The molecule has 8 heteroatoms. The number of nitrogens with zero attached hydrogens (tertiary/aromatic N) is 4. The molecule has 0 bridgehead atoms. The third kappa shape index (κ3) is 4.43. The number of benzene rings is 3. The number of imidazole rings is 1. The molecule has 2 aromatic heterocycles. The molecular formula is C27H25N5O3. The van der Waals surface area contributed by atoms with Gasteiger partial charge in [-0.3, -0.25) is 14.2 Å². The summed E-state index contributed by atoms with van der Waals surface area (Å²) < 4.78 is 7.29. The molecule has 176 valence electrons. The Hall–Kier alpha value is -4.30. The van der Waals surface area contributed by atoms with Crippen molar-refractivity contribution in [3.63, 3.8) is 0 Å². The fourth-order valence-corrected chi connectivity index (χ4v) is 4.26. The second-order valence-corrected chi connectivity index (χ2v) is 8.28. The molecule has 0 aliphatic carbocycles. The number of nitrogens with one attached hydrogen (secondary N) is 1. The number of para-hydroxylation sites is 2. The summed E-state index contributed by atoms with van der Waals surface area (Å²) in [5, 5.41) is 0.515. The van der Waals surface area contributed by atoms with E-state index in [4.69, 9.17) is 9.72 Å². The van der Waals surface area contributed by atoms with Gasteiger partial charge in [-0.1, -0.05) is 30.3 Å². The minimum absolute atomic E-state index is 0.151. The lowest BCUT2D eigenvalue weighted by Crippen LogP contribution is -2.34. The number of carbonyl (C=O) groups is 1. The van der Waals surface area contributed by atoms with Crippen LogP contribution in [0.3, 0.4) is 0 Å². The van der Waals surface area contributed by atoms with Crippen molar-refractivity contribution in [2.45, 2.75) is 13.5 Å². The van der Waals surface area contributed by atoms with Crippen molar-refractivity contribution >= 4 is 27.8 Å². The maximum absolute atomic E-state index is 13.5. The molecule has 2 heterocycles. The summed E-state index contributed by atoms with van der Waals surface area (Å²) >= 11 is 0. The first kappa shape index (κ1) is 22.5. The Kier molecular flexibility index (Phi) is 6.12. The summed E-state index contributed by atoms with van der Waals surface area (Å²) in [5.74, 6) is 1.07. The van der Waals surface area contributed by atoms with E-state index in [1.165, 1.54) is 0 Å². The zero-order chi connectivity index (χ0) is 24.4. The number of methoxy groups -OCH3 is 1. The van der Waals surface area contributed by atoms with Crippen LogP contribution in [-0.4, -0.2) is 50.6 Å². The van der Waals surface area contributed by atoms with Gasteiger partial charge in [-0.05, 0) is 49.4 Å². The van der Waals surface area contributed by atoms with Gasteiger partial charge in [0.1, 0.15) is 11.6 Å². The molecule has 1 N–H and O–H groups in total. The normalized spacial score (nSPS) is 11.3. The number of aryl methyl sites for hydroxylation is 1. The van der Waals surface area contributed by atoms with E-state index >= 15 is 0 Å². The Morgan fingerprint density at radius 2 is 1.77 bits per heavy atom. The Labute approximate surface area is 201 Å². The summed E-state index contributed by atoms with van der Waals surface area (Å²) in [6.07, 6.45) is 0. The molecule has 0 saturated heterocycles. The molecule has 8 nitrogen and oxygen atoms in total. The van der Waals surface area contributed by atoms with Crippen molar-refractivity contribution < 1.29 is 9.53 Å². The fourth-order valence-electron chi connectivity index (χ4n) is 4.26. The van der Waals surface area contributed by atoms with Crippen molar-refractivity contribution in [1.82, 2.24) is 24.4 Å². The molecule has 0 unspecified atom stereocenters. The van der Waals surface area contributed by atoms with Crippen LogP contribution >= 0.6 is 0 Å². The number of H-pyrrole nitrogens is 1. The number of amides is 1. The van der Waals surface area contributed by atoms with E-state index in [2.05, 4.69) is 14.5 Å². The zero-order valence-corrected chi connectivity index (χ0v) is 19.6. The topological polar surface area (TPSA) is 93.1 Å². The van der Waals surface area contributed by atoms with Crippen LogP contribution in [0.25, 0.3) is 27.6 Å². The van der Waals surface area contributed by atoms with E-state index < -0.39 is 0 Å². The second kappa shape index (κ2) is 9.52. The lowest BCUT2D eigenvalue weighted by molar-refractivity contribution is 0.0675. The van der Waals surface area contributed by atoms with E-state index in [9.17, 15) is 9.59 Å². The van der Waals surface area contributed by atoms with Gasteiger partial charge < -0.3 is 14.6 Å². The maximum Gasteiger partial charge on any atom is 0.258 e. The van der Waals surface area contributed by atoms with Crippen molar-refractivity contribution in [2.75, 3.05) is 20.3 Å². The van der Waals surface area contributed by atoms with Crippen LogP contribution in [0.1, 0.15) is 22.0 Å². The Bertz CT molecular complexity index is 1570. The molecule has 0 radical (unpaired) electrons. The van der Waals surface area contributed by atoms with Gasteiger partial charge in [-0.2, -0.15) is 0 Å². The molecule has 35 heavy (non-hydrogen) atoms. The lowest BCUT2D eigenvalue weighted by Gasteiger charge is -2.22. The minimum atomic E-state index is -0.229.